The second kappa shape index (κ2) is 6.18. The minimum atomic E-state index is -0.251. The van der Waals surface area contributed by atoms with E-state index in [-0.39, 0.29) is 5.82 Å². The van der Waals surface area contributed by atoms with E-state index in [2.05, 4.69) is 14.9 Å². The molecule has 0 N–H and O–H groups in total. The maximum absolute atomic E-state index is 14.1. The van der Waals surface area contributed by atoms with Gasteiger partial charge in [-0.1, -0.05) is 19.1 Å². The van der Waals surface area contributed by atoms with Gasteiger partial charge in [-0.25, -0.2) is 14.4 Å². The van der Waals surface area contributed by atoms with Gasteiger partial charge in [-0.05, 0) is 24.1 Å². The van der Waals surface area contributed by atoms with Gasteiger partial charge in [0.2, 0.25) is 5.95 Å². The van der Waals surface area contributed by atoms with Crippen LogP contribution in [0, 0.1) is 5.82 Å². The Morgan fingerprint density at radius 3 is 2.71 bits per heavy atom. The fourth-order valence-electron chi connectivity index (χ4n) is 2.46. The summed E-state index contributed by atoms with van der Waals surface area (Å²) in [5.41, 5.74) is 2.18. The van der Waals surface area contributed by atoms with Gasteiger partial charge >= 0.3 is 0 Å². The van der Waals surface area contributed by atoms with Crippen molar-refractivity contribution in [1.29, 1.82) is 0 Å². The summed E-state index contributed by atoms with van der Waals surface area (Å²) in [6.45, 7) is 4.91. The van der Waals surface area contributed by atoms with Gasteiger partial charge in [-0.2, -0.15) is 0 Å². The van der Waals surface area contributed by atoms with Gasteiger partial charge in [0.05, 0.1) is 18.9 Å². The minimum Gasteiger partial charge on any atom is -0.378 e. The van der Waals surface area contributed by atoms with Gasteiger partial charge in [0.15, 0.2) is 0 Å². The first-order valence-corrected chi connectivity index (χ1v) is 7.23. The predicted octanol–water partition coefficient (Wildman–Crippen LogP) is 2.68. The molecular weight excluding hydrogens is 269 g/mol. The average Bonchev–Trinajstić information content (AvgIpc) is 2.55. The molecule has 0 radical (unpaired) electrons. The predicted molar refractivity (Wildman–Crippen MR) is 79.8 cm³/mol. The Balaban J connectivity index is 2.03. The van der Waals surface area contributed by atoms with E-state index < -0.39 is 0 Å². The normalized spacial score (nSPS) is 15.2. The summed E-state index contributed by atoms with van der Waals surface area (Å²) >= 11 is 0. The van der Waals surface area contributed by atoms with E-state index >= 15 is 0 Å². The number of aryl methyl sites for hydroxylation is 1. The van der Waals surface area contributed by atoms with Crippen LogP contribution in [0.15, 0.2) is 30.5 Å². The molecule has 5 heteroatoms. The Kier molecular flexibility index (Phi) is 4.10. The molecule has 0 atom stereocenters. The van der Waals surface area contributed by atoms with Gasteiger partial charge in [0.25, 0.3) is 0 Å². The average molecular weight is 287 g/mol. The highest BCUT2D eigenvalue weighted by Gasteiger charge is 2.17. The van der Waals surface area contributed by atoms with Crippen LogP contribution in [0.25, 0.3) is 11.3 Å². The number of anilines is 1. The first kappa shape index (κ1) is 13.9. The zero-order valence-corrected chi connectivity index (χ0v) is 12.1. The summed E-state index contributed by atoms with van der Waals surface area (Å²) in [4.78, 5) is 11.1. The molecule has 0 unspecified atom stereocenters. The van der Waals surface area contributed by atoms with Crippen LogP contribution in [0.5, 0.6) is 0 Å². The third-order valence-electron chi connectivity index (χ3n) is 3.66. The molecule has 0 spiro atoms. The fourth-order valence-corrected chi connectivity index (χ4v) is 2.46. The number of halogens is 1. The molecule has 2 heterocycles. The van der Waals surface area contributed by atoms with Crippen LogP contribution in [-0.2, 0) is 11.2 Å². The summed E-state index contributed by atoms with van der Waals surface area (Å²) in [5.74, 6) is 0.396. The maximum Gasteiger partial charge on any atom is 0.226 e. The molecule has 21 heavy (non-hydrogen) atoms. The standard InChI is InChI=1S/C16H18FN3O/c1-2-12-11-18-16(20-7-9-21-10-8-20)19-15(12)13-5-3-4-6-14(13)17/h3-6,11H,2,7-10H2,1H3. The van der Waals surface area contributed by atoms with E-state index in [9.17, 15) is 4.39 Å². The molecule has 1 aromatic heterocycles. The van der Waals surface area contributed by atoms with Gasteiger partial charge in [-0.15, -0.1) is 0 Å². The lowest BCUT2D eigenvalue weighted by atomic mass is 10.1. The van der Waals surface area contributed by atoms with Crippen molar-refractivity contribution in [3.8, 4) is 11.3 Å². The molecule has 1 fully saturated rings. The summed E-state index contributed by atoms with van der Waals surface area (Å²) in [7, 11) is 0. The Bertz CT molecular complexity index is 627. The molecule has 1 aromatic carbocycles. The van der Waals surface area contributed by atoms with Crippen molar-refractivity contribution in [3.05, 3.63) is 41.8 Å². The number of morpholine rings is 1. The summed E-state index contributed by atoms with van der Waals surface area (Å²) in [6.07, 6.45) is 2.58. The van der Waals surface area contributed by atoms with Gasteiger partial charge in [0.1, 0.15) is 5.82 Å². The molecule has 3 rings (SSSR count). The van der Waals surface area contributed by atoms with E-state index in [1.165, 1.54) is 6.07 Å². The SMILES string of the molecule is CCc1cnc(N2CCOCC2)nc1-c1ccccc1F. The highest BCUT2D eigenvalue weighted by molar-refractivity contribution is 5.64. The largest absolute Gasteiger partial charge is 0.378 e. The molecule has 0 amide bonds. The van der Waals surface area contributed by atoms with E-state index in [0.29, 0.717) is 30.4 Å². The van der Waals surface area contributed by atoms with E-state index in [1.807, 2.05) is 13.0 Å². The van der Waals surface area contributed by atoms with Crippen molar-refractivity contribution in [2.75, 3.05) is 31.2 Å². The van der Waals surface area contributed by atoms with Crippen molar-refractivity contribution >= 4 is 5.95 Å². The monoisotopic (exact) mass is 287 g/mol. The van der Waals surface area contributed by atoms with Crippen LogP contribution >= 0.6 is 0 Å². The molecule has 0 bridgehead atoms. The molecule has 0 aliphatic carbocycles. The number of hydrogen-bond donors (Lipinski definition) is 0. The number of nitrogens with zero attached hydrogens (tertiary/aromatic N) is 3. The van der Waals surface area contributed by atoms with Gasteiger partial charge < -0.3 is 9.64 Å². The topological polar surface area (TPSA) is 38.2 Å². The van der Waals surface area contributed by atoms with Crippen molar-refractivity contribution in [2.45, 2.75) is 13.3 Å². The quantitative estimate of drug-likeness (QED) is 0.870. The van der Waals surface area contributed by atoms with Crippen molar-refractivity contribution in [3.63, 3.8) is 0 Å². The smallest absolute Gasteiger partial charge is 0.226 e. The molecule has 1 aliphatic rings. The number of ether oxygens (including phenoxy) is 1. The molecule has 4 nitrogen and oxygen atoms in total. The van der Waals surface area contributed by atoms with Crippen molar-refractivity contribution in [2.24, 2.45) is 0 Å². The Morgan fingerprint density at radius 1 is 1.24 bits per heavy atom. The first-order chi connectivity index (χ1) is 10.3. The van der Waals surface area contributed by atoms with Crippen LogP contribution in [0.4, 0.5) is 10.3 Å². The van der Waals surface area contributed by atoms with Crippen LogP contribution in [-0.4, -0.2) is 36.3 Å². The number of rotatable bonds is 3. The summed E-state index contributed by atoms with van der Waals surface area (Å²) < 4.78 is 19.4. The summed E-state index contributed by atoms with van der Waals surface area (Å²) in [6, 6.07) is 6.74. The third-order valence-corrected chi connectivity index (χ3v) is 3.66. The van der Waals surface area contributed by atoms with Crippen molar-refractivity contribution < 1.29 is 9.13 Å². The lowest BCUT2D eigenvalue weighted by Crippen LogP contribution is -2.37. The molecular formula is C16H18FN3O. The second-order valence-electron chi connectivity index (χ2n) is 4.98. The van der Waals surface area contributed by atoms with E-state index in [1.54, 1.807) is 18.3 Å². The summed E-state index contributed by atoms with van der Waals surface area (Å²) in [5, 5.41) is 0. The third kappa shape index (κ3) is 2.88. The Hall–Kier alpha value is -2.01. The number of benzene rings is 1. The van der Waals surface area contributed by atoms with Crippen LogP contribution in [0.3, 0.4) is 0 Å². The zero-order valence-electron chi connectivity index (χ0n) is 12.1. The molecule has 1 aliphatic heterocycles. The second-order valence-corrected chi connectivity index (χ2v) is 4.98. The lowest BCUT2D eigenvalue weighted by Gasteiger charge is -2.27. The van der Waals surface area contributed by atoms with Crippen molar-refractivity contribution in [1.82, 2.24) is 9.97 Å². The first-order valence-electron chi connectivity index (χ1n) is 7.23. The van der Waals surface area contributed by atoms with Gasteiger partial charge in [0, 0.05) is 24.8 Å². The molecule has 1 saturated heterocycles. The number of aromatic nitrogens is 2. The maximum atomic E-state index is 14.1. The van der Waals surface area contributed by atoms with E-state index in [0.717, 1.165) is 25.1 Å². The highest BCUT2D eigenvalue weighted by Crippen LogP contribution is 2.26. The fraction of sp³-hybridized carbons (Fsp3) is 0.375. The molecule has 0 saturated carbocycles. The lowest BCUT2D eigenvalue weighted by molar-refractivity contribution is 0.122. The van der Waals surface area contributed by atoms with Crippen LogP contribution < -0.4 is 4.90 Å². The number of hydrogen-bond acceptors (Lipinski definition) is 4. The minimum absolute atomic E-state index is 0.251. The van der Waals surface area contributed by atoms with Gasteiger partial charge in [-0.3, -0.25) is 0 Å². The van der Waals surface area contributed by atoms with Crippen LogP contribution in [0.1, 0.15) is 12.5 Å². The molecule has 110 valence electrons. The zero-order chi connectivity index (χ0) is 14.7. The molecule has 2 aromatic rings. The van der Waals surface area contributed by atoms with E-state index in [4.69, 9.17) is 4.74 Å². The Labute approximate surface area is 123 Å². The van der Waals surface area contributed by atoms with Crippen LogP contribution in [0.2, 0.25) is 0 Å². The highest BCUT2D eigenvalue weighted by atomic mass is 19.1. The Morgan fingerprint density at radius 2 is 2.00 bits per heavy atom.